The summed E-state index contributed by atoms with van der Waals surface area (Å²) in [5, 5.41) is 5.02. The molecule has 0 aromatic carbocycles. The van der Waals surface area contributed by atoms with Crippen LogP contribution in [0.4, 0.5) is 5.69 Å². The summed E-state index contributed by atoms with van der Waals surface area (Å²) < 4.78 is 28.0. The van der Waals surface area contributed by atoms with Gasteiger partial charge in [-0.3, -0.25) is 4.79 Å². The van der Waals surface area contributed by atoms with E-state index in [1.807, 2.05) is 0 Å². The highest BCUT2D eigenvalue weighted by Gasteiger charge is 2.34. The number of ether oxygens (including phenoxy) is 1. The molecule has 2 N–H and O–H groups in total. The van der Waals surface area contributed by atoms with Crippen molar-refractivity contribution >= 4 is 37.5 Å². The van der Waals surface area contributed by atoms with Crippen LogP contribution >= 0.6 is 15.9 Å². The summed E-state index contributed by atoms with van der Waals surface area (Å²) in [7, 11) is -2.13. The Morgan fingerprint density at radius 2 is 2.25 bits per heavy atom. The van der Waals surface area contributed by atoms with Crippen LogP contribution in [0.3, 0.4) is 0 Å². The average molecular weight is 364 g/mol. The summed E-state index contributed by atoms with van der Waals surface area (Å²) in [6.07, 6.45) is 0.148. The van der Waals surface area contributed by atoms with Crippen molar-refractivity contribution < 1.29 is 17.9 Å². The quantitative estimate of drug-likeness (QED) is 0.784. The Morgan fingerprint density at radius 3 is 2.85 bits per heavy atom. The molecule has 1 aliphatic rings. The summed E-state index contributed by atoms with van der Waals surface area (Å²) in [4.78, 5) is 17.6. The van der Waals surface area contributed by atoms with E-state index in [0.29, 0.717) is 16.2 Å². The summed E-state index contributed by atoms with van der Waals surface area (Å²) in [5.41, 5.74) is 0.526. The van der Waals surface area contributed by atoms with Crippen molar-refractivity contribution in [1.29, 1.82) is 0 Å². The lowest BCUT2D eigenvalue weighted by Gasteiger charge is -2.18. The zero-order valence-electron chi connectivity index (χ0n) is 10.7. The molecule has 0 bridgehead atoms. The number of amides is 1. The molecule has 1 amide bonds. The molecule has 1 unspecified atom stereocenters. The van der Waals surface area contributed by atoms with Crippen LogP contribution in [0.25, 0.3) is 0 Å². The molecule has 7 nitrogen and oxygen atoms in total. The lowest BCUT2D eigenvalue weighted by molar-refractivity contribution is -0.117. The van der Waals surface area contributed by atoms with Gasteiger partial charge in [0, 0.05) is 18.9 Å². The van der Waals surface area contributed by atoms with E-state index in [-0.39, 0.29) is 30.5 Å². The first-order valence-electron chi connectivity index (χ1n) is 5.81. The van der Waals surface area contributed by atoms with E-state index in [1.165, 1.54) is 12.0 Å². The number of hydrogen-bond donors (Lipinski definition) is 1. The Bertz CT molecular complexity index is 635. The Morgan fingerprint density at radius 1 is 1.55 bits per heavy atom. The highest BCUT2D eigenvalue weighted by atomic mass is 79.9. The number of carbonyl (C=O) groups excluding carboxylic acids is 1. The van der Waals surface area contributed by atoms with Gasteiger partial charge >= 0.3 is 0 Å². The van der Waals surface area contributed by atoms with Gasteiger partial charge < -0.3 is 9.64 Å². The van der Waals surface area contributed by atoms with E-state index in [0.717, 1.165) is 0 Å². The van der Waals surface area contributed by atoms with E-state index in [1.54, 1.807) is 12.1 Å². The number of halogens is 1. The third-order valence-electron chi connectivity index (χ3n) is 2.96. The van der Waals surface area contributed by atoms with E-state index >= 15 is 0 Å². The molecule has 1 atom stereocenters. The topological polar surface area (TPSA) is 103 Å². The molecule has 1 aromatic rings. The maximum absolute atomic E-state index is 12.0. The monoisotopic (exact) mass is 363 g/mol. The van der Waals surface area contributed by atoms with Gasteiger partial charge in [0.05, 0.1) is 12.9 Å². The van der Waals surface area contributed by atoms with Gasteiger partial charge in [-0.05, 0) is 28.1 Å². The number of anilines is 1. The number of sulfonamides is 1. The Hall–Kier alpha value is -1.19. The lowest BCUT2D eigenvalue weighted by Crippen LogP contribution is -2.28. The van der Waals surface area contributed by atoms with E-state index in [2.05, 4.69) is 20.9 Å². The summed E-state index contributed by atoms with van der Waals surface area (Å²) in [5.74, 6) is -0.377. The standard InChI is InChI=1S/C11H14BrN3O4S/c1-19-11-8(2-3-9(12)14-11)15-5-7(4-10(15)16)6-20(13,17)18/h2-3,7H,4-6H2,1H3,(H2,13,17,18). The molecule has 1 saturated heterocycles. The largest absolute Gasteiger partial charge is 0.479 e. The number of nitrogens with two attached hydrogens (primary N) is 1. The molecule has 20 heavy (non-hydrogen) atoms. The minimum Gasteiger partial charge on any atom is -0.479 e. The van der Waals surface area contributed by atoms with Gasteiger partial charge in [0.15, 0.2) is 0 Å². The molecule has 2 heterocycles. The maximum Gasteiger partial charge on any atom is 0.238 e. The first kappa shape index (κ1) is 15.2. The molecule has 0 spiro atoms. The zero-order chi connectivity index (χ0) is 14.9. The highest BCUT2D eigenvalue weighted by molar-refractivity contribution is 9.10. The fourth-order valence-corrected chi connectivity index (χ4v) is 3.39. The molecule has 0 radical (unpaired) electrons. The van der Waals surface area contributed by atoms with Crippen LogP contribution in [0.15, 0.2) is 16.7 Å². The second-order valence-corrected chi connectivity index (χ2v) is 7.04. The second-order valence-electron chi connectivity index (χ2n) is 4.57. The fourth-order valence-electron chi connectivity index (χ4n) is 2.22. The van der Waals surface area contributed by atoms with Gasteiger partial charge in [0.1, 0.15) is 10.3 Å². The Kier molecular flexibility index (Phi) is 4.31. The molecule has 0 saturated carbocycles. The van der Waals surface area contributed by atoms with Gasteiger partial charge in [-0.15, -0.1) is 0 Å². The van der Waals surface area contributed by atoms with Crippen molar-refractivity contribution in [3.8, 4) is 5.88 Å². The number of hydrogen-bond acceptors (Lipinski definition) is 5. The predicted octanol–water partition coefficient (Wildman–Crippen LogP) is 0.494. The molecular formula is C11H14BrN3O4S. The average Bonchev–Trinajstić information content (AvgIpc) is 2.67. The summed E-state index contributed by atoms with van der Waals surface area (Å²) in [6, 6.07) is 3.39. The molecule has 0 aliphatic carbocycles. The second kappa shape index (κ2) is 5.66. The van der Waals surface area contributed by atoms with Gasteiger partial charge in [0.2, 0.25) is 21.8 Å². The Labute approximate surface area is 125 Å². The van der Waals surface area contributed by atoms with E-state index in [9.17, 15) is 13.2 Å². The molecule has 9 heteroatoms. The predicted molar refractivity (Wildman–Crippen MR) is 76.9 cm³/mol. The number of aromatic nitrogens is 1. The first-order chi connectivity index (χ1) is 9.30. The van der Waals surface area contributed by atoms with Gasteiger partial charge in [-0.1, -0.05) is 0 Å². The smallest absolute Gasteiger partial charge is 0.238 e. The first-order valence-corrected chi connectivity index (χ1v) is 8.32. The number of pyridine rings is 1. The SMILES string of the molecule is COc1nc(Br)ccc1N1CC(CS(N)(=O)=O)CC1=O. The van der Waals surface area contributed by atoms with Crippen LogP contribution in [0.5, 0.6) is 5.88 Å². The number of methoxy groups -OCH3 is 1. The molecular weight excluding hydrogens is 350 g/mol. The van der Waals surface area contributed by atoms with Crippen molar-refractivity contribution in [3.63, 3.8) is 0 Å². The van der Waals surface area contributed by atoms with Crippen LogP contribution in [0.2, 0.25) is 0 Å². The van der Waals surface area contributed by atoms with E-state index in [4.69, 9.17) is 9.88 Å². The van der Waals surface area contributed by atoms with Gasteiger partial charge in [0.25, 0.3) is 0 Å². The Balaban J connectivity index is 2.24. The number of rotatable bonds is 4. The van der Waals surface area contributed by atoms with Gasteiger partial charge in [-0.2, -0.15) is 0 Å². The highest BCUT2D eigenvalue weighted by Crippen LogP contribution is 2.32. The van der Waals surface area contributed by atoms with Crippen molar-refractivity contribution in [1.82, 2.24) is 4.98 Å². The van der Waals surface area contributed by atoms with E-state index < -0.39 is 10.0 Å². The minimum absolute atomic E-state index is 0.148. The van der Waals surface area contributed by atoms with Crippen molar-refractivity contribution in [2.75, 3.05) is 24.3 Å². The number of primary sulfonamides is 1. The summed E-state index contributed by atoms with van der Waals surface area (Å²) >= 11 is 3.22. The van der Waals surface area contributed by atoms with Gasteiger partial charge in [-0.25, -0.2) is 18.5 Å². The number of nitrogens with zero attached hydrogens (tertiary/aromatic N) is 2. The lowest BCUT2D eigenvalue weighted by atomic mass is 10.1. The third kappa shape index (κ3) is 3.47. The van der Waals surface area contributed by atoms with Crippen molar-refractivity contribution in [2.24, 2.45) is 11.1 Å². The molecule has 1 aliphatic heterocycles. The molecule has 1 aromatic heterocycles. The minimum atomic E-state index is -3.59. The van der Waals surface area contributed by atoms with Crippen molar-refractivity contribution in [2.45, 2.75) is 6.42 Å². The normalized spacial score (nSPS) is 19.4. The fraction of sp³-hybridized carbons (Fsp3) is 0.455. The molecule has 110 valence electrons. The third-order valence-corrected chi connectivity index (χ3v) is 4.34. The van der Waals surface area contributed by atoms with Crippen LogP contribution in [0.1, 0.15) is 6.42 Å². The van der Waals surface area contributed by atoms with Crippen LogP contribution in [-0.2, 0) is 14.8 Å². The summed E-state index contributed by atoms with van der Waals surface area (Å²) in [6.45, 7) is 0.287. The molecule has 2 rings (SSSR count). The van der Waals surface area contributed by atoms with Crippen molar-refractivity contribution in [3.05, 3.63) is 16.7 Å². The zero-order valence-corrected chi connectivity index (χ0v) is 13.1. The molecule has 1 fully saturated rings. The van der Waals surface area contributed by atoms with Crippen LogP contribution in [0, 0.1) is 5.92 Å². The number of carbonyl (C=O) groups is 1. The van der Waals surface area contributed by atoms with Crippen LogP contribution < -0.4 is 14.8 Å². The van der Waals surface area contributed by atoms with Crippen LogP contribution in [-0.4, -0.2) is 38.7 Å². The maximum atomic E-state index is 12.0.